The van der Waals surface area contributed by atoms with Crippen molar-refractivity contribution in [3.8, 4) is 5.75 Å². The number of fused-ring (bicyclic) bond motifs is 2. The summed E-state index contributed by atoms with van der Waals surface area (Å²) in [5.41, 5.74) is 4.77. The first-order valence-electron chi connectivity index (χ1n) is 12.0. The van der Waals surface area contributed by atoms with E-state index in [0.29, 0.717) is 17.1 Å². The van der Waals surface area contributed by atoms with Crippen LogP contribution in [-0.2, 0) is 22.5 Å². The third-order valence-corrected chi connectivity index (χ3v) is 6.88. The summed E-state index contributed by atoms with van der Waals surface area (Å²) >= 11 is 0. The molecule has 0 unspecified atom stereocenters. The highest BCUT2D eigenvalue weighted by Crippen LogP contribution is 2.37. The van der Waals surface area contributed by atoms with E-state index in [9.17, 15) is 9.90 Å². The molecule has 4 aromatic rings. The van der Waals surface area contributed by atoms with Gasteiger partial charge in [0, 0.05) is 44.1 Å². The normalized spacial score (nSPS) is 15.4. The van der Waals surface area contributed by atoms with Crippen LogP contribution in [0.25, 0.3) is 11.2 Å². The van der Waals surface area contributed by atoms with Gasteiger partial charge in [-0.25, -0.2) is 4.98 Å². The number of aromatic hydroxyl groups is 1. The summed E-state index contributed by atoms with van der Waals surface area (Å²) in [4.78, 5) is 33.2. The molecule has 1 saturated heterocycles. The van der Waals surface area contributed by atoms with Gasteiger partial charge in [0.15, 0.2) is 17.0 Å². The Bertz CT molecular complexity index is 1410. The molecule has 10 nitrogen and oxygen atoms in total. The Labute approximate surface area is 208 Å². The van der Waals surface area contributed by atoms with Crippen LogP contribution < -0.4 is 14.7 Å². The number of hydrogen-bond acceptors (Lipinski definition) is 9. The Morgan fingerprint density at radius 3 is 2.50 bits per heavy atom. The van der Waals surface area contributed by atoms with Crippen LogP contribution >= 0.6 is 0 Å². The second kappa shape index (κ2) is 9.03. The lowest BCUT2D eigenvalue weighted by molar-refractivity contribution is -0.141. The summed E-state index contributed by atoms with van der Waals surface area (Å²) in [7, 11) is 1.38. The van der Waals surface area contributed by atoms with E-state index in [0.717, 1.165) is 56.3 Å². The van der Waals surface area contributed by atoms with Crippen LogP contribution in [0.4, 0.5) is 23.1 Å². The molecule has 2 aromatic carbocycles. The number of ether oxygens (including phenoxy) is 1. The number of carbonyl (C=O) groups is 1. The minimum absolute atomic E-state index is 0.0358. The average Bonchev–Trinajstić information content (AvgIpc) is 3.53. The molecular formula is C26H27N7O3. The molecule has 0 amide bonds. The van der Waals surface area contributed by atoms with Crippen molar-refractivity contribution in [3.63, 3.8) is 0 Å². The van der Waals surface area contributed by atoms with Gasteiger partial charge in [-0.05, 0) is 42.3 Å². The second-order valence-electron chi connectivity index (χ2n) is 8.99. The molecule has 4 heterocycles. The number of phenols is 1. The van der Waals surface area contributed by atoms with E-state index in [4.69, 9.17) is 14.7 Å². The molecule has 2 aliphatic heterocycles. The highest BCUT2D eigenvalue weighted by atomic mass is 16.5. The molecule has 1 fully saturated rings. The molecule has 184 valence electrons. The molecule has 6 rings (SSSR count). The van der Waals surface area contributed by atoms with Crippen molar-refractivity contribution < 1.29 is 14.6 Å². The van der Waals surface area contributed by atoms with E-state index in [-0.39, 0.29) is 18.3 Å². The van der Waals surface area contributed by atoms with Gasteiger partial charge in [-0.15, -0.1) is 0 Å². The van der Waals surface area contributed by atoms with E-state index in [1.54, 1.807) is 23.0 Å². The van der Waals surface area contributed by atoms with Crippen molar-refractivity contribution in [1.82, 2.24) is 19.5 Å². The number of carbonyl (C=O) groups excluding carboxylic acids is 1. The fourth-order valence-electron chi connectivity index (χ4n) is 4.95. The van der Waals surface area contributed by atoms with Gasteiger partial charge in [-0.2, -0.15) is 9.97 Å². The third-order valence-electron chi connectivity index (χ3n) is 6.88. The van der Waals surface area contributed by atoms with Gasteiger partial charge in [0.25, 0.3) is 0 Å². The van der Waals surface area contributed by atoms with Crippen molar-refractivity contribution in [3.05, 3.63) is 60.4 Å². The van der Waals surface area contributed by atoms with Gasteiger partial charge < -0.3 is 29.1 Å². The van der Waals surface area contributed by atoms with Crippen LogP contribution in [0.2, 0.25) is 0 Å². The van der Waals surface area contributed by atoms with Crippen molar-refractivity contribution in [2.45, 2.75) is 13.0 Å². The lowest BCUT2D eigenvalue weighted by Crippen LogP contribution is -2.47. The minimum Gasteiger partial charge on any atom is -0.508 e. The van der Waals surface area contributed by atoms with Gasteiger partial charge in [-0.1, -0.05) is 18.2 Å². The largest absolute Gasteiger partial charge is 0.508 e. The van der Waals surface area contributed by atoms with E-state index in [2.05, 4.69) is 37.9 Å². The molecule has 0 bridgehead atoms. The fraction of sp³-hybridized carbons (Fsp3) is 0.308. The van der Waals surface area contributed by atoms with Crippen LogP contribution in [0.1, 0.15) is 5.56 Å². The SMILES string of the molecule is COC(=O)Cn1cnc2c(N3CCc4ccccc43)nc(N3CCN(c4ccc(O)cc4)CC3)nc21. The summed E-state index contributed by atoms with van der Waals surface area (Å²) in [6, 6.07) is 15.6. The van der Waals surface area contributed by atoms with Gasteiger partial charge in [-0.3, -0.25) is 4.79 Å². The standard InChI is InChI=1S/C26H27N7O3/c1-36-22(35)16-32-17-27-23-24(32)28-26(29-25(23)33-11-10-18-4-2-3-5-21(18)33)31-14-12-30(13-15-31)19-6-8-20(34)9-7-19/h2-9,17,34H,10-16H2,1H3. The number of esters is 1. The molecular weight excluding hydrogens is 458 g/mol. The van der Waals surface area contributed by atoms with Gasteiger partial charge in [0.2, 0.25) is 5.95 Å². The Kier molecular flexibility index (Phi) is 5.55. The van der Waals surface area contributed by atoms with Crippen LogP contribution in [0.5, 0.6) is 5.75 Å². The Hall–Kier alpha value is -4.34. The number of anilines is 4. The molecule has 10 heteroatoms. The summed E-state index contributed by atoms with van der Waals surface area (Å²) in [5.74, 6) is 1.28. The van der Waals surface area contributed by atoms with Gasteiger partial charge in [0.05, 0.1) is 13.4 Å². The van der Waals surface area contributed by atoms with Crippen molar-refractivity contribution in [2.24, 2.45) is 0 Å². The minimum atomic E-state index is -0.356. The van der Waals surface area contributed by atoms with E-state index in [1.807, 2.05) is 18.2 Å². The average molecular weight is 486 g/mol. The molecule has 0 radical (unpaired) electrons. The van der Waals surface area contributed by atoms with Crippen LogP contribution in [0.15, 0.2) is 54.9 Å². The zero-order chi connectivity index (χ0) is 24.6. The summed E-state index contributed by atoms with van der Waals surface area (Å²) in [6.45, 7) is 3.93. The lowest BCUT2D eigenvalue weighted by Gasteiger charge is -2.36. The number of benzene rings is 2. The number of hydrogen-bond donors (Lipinski definition) is 1. The van der Waals surface area contributed by atoms with Crippen molar-refractivity contribution in [2.75, 3.05) is 54.5 Å². The van der Waals surface area contributed by atoms with Crippen molar-refractivity contribution >= 4 is 40.3 Å². The summed E-state index contributed by atoms with van der Waals surface area (Å²) in [6.07, 6.45) is 2.57. The Balaban J connectivity index is 1.35. The van der Waals surface area contributed by atoms with Crippen LogP contribution in [-0.4, -0.2) is 70.4 Å². The number of methoxy groups -OCH3 is 1. The molecule has 2 aromatic heterocycles. The summed E-state index contributed by atoms with van der Waals surface area (Å²) < 4.78 is 6.61. The number of phenolic OH excluding ortho intramolecular Hbond substituents is 1. The molecule has 0 saturated carbocycles. The highest BCUT2D eigenvalue weighted by Gasteiger charge is 2.28. The third kappa shape index (κ3) is 3.94. The molecule has 2 aliphatic rings. The summed E-state index contributed by atoms with van der Waals surface area (Å²) in [5, 5.41) is 9.60. The first kappa shape index (κ1) is 22.1. The number of rotatable bonds is 5. The quantitative estimate of drug-likeness (QED) is 0.428. The van der Waals surface area contributed by atoms with Crippen molar-refractivity contribution in [1.29, 1.82) is 0 Å². The molecule has 1 N–H and O–H groups in total. The maximum atomic E-state index is 12.0. The number of para-hydroxylation sites is 1. The maximum absolute atomic E-state index is 12.0. The number of piperazine rings is 1. The Morgan fingerprint density at radius 2 is 1.72 bits per heavy atom. The molecule has 36 heavy (non-hydrogen) atoms. The zero-order valence-electron chi connectivity index (χ0n) is 20.0. The predicted octanol–water partition coefficient (Wildman–Crippen LogP) is 2.73. The number of nitrogens with zero attached hydrogens (tertiary/aromatic N) is 7. The van der Waals surface area contributed by atoms with E-state index >= 15 is 0 Å². The van der Waals surface area contributed by atoms with E-state index < -0.39 is 0 Å². The fourth-order valence-corrected chi connectivity index (χ4v) is 4.95. The first-order valence-corrected chi connectivity index (χ1v) is 12.0. The number of imidazole rings is 1. The lowest BCUT2D eigenvalue weighted by atomic mass is 10.2. The zero-order valence-corrected chi connectivity index (χ0v) is 20.0. The topological polar surface area (TPSA) is 99.9 Å². The molecule has 0 aliphatic carbocycles. The molecule has 0 spiro atoms. The highest BCUT2D eigenvalue weighted by molar-refractivity contribution is 5.89. The van der Waals surface area contributed by atoms with Gasteiger partial charge >= 0.3 is 5.97 Å². The second-order valence-corrected chi connectivity index (χ2v) is 8.99. The van der Waals surface area contributed by atoms with Crippen LogP contribution in [0, 0.1) is 0 Å². The smallest absolute Gasteiger partial charge is 0.325 e. The van der Waals surface area contributed by atoms with Crippen LogP contribution in [0.3, 0.4) is 0 Å². The first-order chi connectivity index (χ1) is 17.6. The molecule has 0 atom stereocenters. The van der Waals surface area contributed by atoms with E-state index in [1.165, 1.54) is 12.7 Å². The maximum Gasteiger partial charge on any atom is 0.325 e. The number of aromatic nitrogens is 4. The predicted molar refractivity (Wildman–Crippen MR) is 137 cm³/mol. The Morgan fingerprint density at radius 1 is 0.972 bits per heavy atom. The van der Waals surface area contributed by atoms with Gasteiger partial charge in [0.1, 0.15) is 12.3 Å². The monoisotopic (exact) mass is 485 g/mol.